The highest BCUT2D eigenvalue weighted by atomic mass is 79.9. The van der Waals surface area contributed by atoms with Crippen molar-refractivity contribution in [3.8, 4) is 0 Å². The molecule has 4 aromatic rings. The quantitative estimate of drug-likeness (QED) is 0.380. The van der Waals surface area contributed by atoms with Crippen molar-refractivity contribution in [2.24, 2.45) is 0 Å². The Kier molecular flexibility index (Phi) is 4.08. The van der Waals surface area contributed by atoms with E-state index in [2.05, 4.69) is 47.1 Å². The molecular formula is C16H11Br2N5O2. The maximum absolute atomic E-state index is 9.50. The van der Waals surface area contributed by atoms with Crippen LogP contribution in [0.1, 0.15) is 0 Å². The van der Waals surface area contributed by atoms with Gasteiger partial charge in [-0.1, -0.05) is 12.1 Å². The Morgan fingerprint density at radius 1 is 1.04 bits per heavy atom. The molecule has 0 unspecified atom stereocenters. The maximum atomic E-state index is 9.50. The largest absolute Gasteiger partial charge is 0.337 e. The highest BCUT2D eigenvalue weighted by molar-refractivity contribution is 9.11. The van der Waals surface area contributed by atoms with Crippen LogP contribution in [0.3, 0.4) is 0 Å². The Morgan fingerprint density at radius 3 is 2.48 bits per heavy atom. The van der Waals surface area contributed by atoms with Crippen molar-refractivity contribution in [3.05, 3.63) is 57.9 Å². The number of aromatic nitrogens is 3. The van der Waals surface area contributed by atoms with E-state index in [1.54, 1.807) is 35.1 Å². The Bertz CT molecular complexity index is 1080. The first kappa shape index (κ1) is 16.3. The molecule has 3 N–H and O–H groups in total. The monoisotopic (exact) mass is 463 g/mol. The van der Waals surface area contributed by atoms with Crippen molar-refractivity contribution in [3.63, 3.8) is 0 Å². The van der Waals surface area contributed by atoms with Crippen LogP contribution in [-0.4, -0.2) is 24.8 Å². The molecule has 7 nitrogen and oxygen atoms in total. The molecule has 0 aliphatic heterocycles. The Morgan fingerprint density at radius 2 is 1.76 bits per heavy atom. The SMILES string of the molecule is ON(O)c1cccc2nc(Nc3c(Br)cccc3Br)c3cncn3c12. The topological polar surface area (TPSA) is 85.9 Å². The number of nitrogens with zero attached hydrogens (tertiary/aromatic N) is 4. The summed E-state index contributed by atoms with van der Waals surface area (Å²) in [6, 6.07) is 10.9. The summed E-state index contributed by atoms with van der Waals surface area (Å²) in [5.74, 6) is 0.595. The van der Waals surface area contributed by atoms with Crippen molar-refractivity contribution >= 4 is 65.6 Å². The molecule has 0 saturated heterocycles. The van der Waals surface area contributed by atoms with E-state index in [0.29, 0.717) is 22.4 Å². The third-order valence-electron chi connectivity index (χ3n) is 3.77. The molecule has 25 heavy (non-hydrogen) atoms. The van der Waals surface area contributed by atoms with Gasteiger partial charge in [0.1, 0.15) is 16.7 Å². The van der Waals surface area contributed by atoms with Crippen LogP contribution in [0.5, 0.6) is 0 Å². The minimum Gasteiger partial charge on any atom is -0.337 e. The second-order valence-electron chi connectivity index (χ2n) is 5.27. The lowest BCUT2D eigenvalue weighted by Crippen LogP contribution is -2.13. The molecular weight excluding hydrogens is 454 g/mol. The highest BCUT2D eigenvalue weighted by Gasteiger charge is 2.15. The van der Waals surface area contributed by atoms with Gasteiger partial charge in [-0.05, 0) is 56.1 Å². The molecule has 2 heterocycles. The molecule has 2 aromatic carbocycles. The zero-order chi connectivity index (χ0) is 17.6. The van der Waals surface area contributed by atoms with Gasteiger partial charge in [-0.2, -0.15) is 0 Å². The average Bonchev–Trinajstić information content (AvgIpc) is 3.07. The van der Waals surface area contributed by atoms with Gasteiger partial charge >= 0.3 is 0 Å². The fourth-order valence-electron chi connectivity index (χ4n) is 2.67. The lowest BCUT2D eigenvalue weighted by atomic mass is 10.2. The number of nitrogens with one attached hydrogen (secondary N) is 1. The molecule has 4 rings (SSSR count). The van der Waals surface area contributed by atoms with Crippen molar-refractivity contribution < 1.29 is 10.4 Å². The van der Waals surface area contributed by atoms with E-state index in [9.17, 15) is 10.4 Å². The van der Waals surface area contributed by atoms with Crippen molar-refractivity contribution in [1.82, 2.24) is 14.4 Å². The van der Waals surface area contributed by atoms with Gasteiger partial charge in [0.15, 0.2) is 5.82 Å². The zero-order valence-corrected chi connectivity index (χ0v) is 15.7. The molecule has 0 spiro atoms. The Labute approximate surface area is 158 Å². The minimum atomic E-state index is 0.0843. The molecule has 126 valence electrons. The lowest BCUT2D eigenvalue weighted by molar-refractivity contribution is 0.0298. The van der Waals surface area contributed by atoms with E-state index < -0.39 is 0 Å². The van der Waals surface area contributed by atoms with Gasteiger partial charge in [0.05, 0.1) is 23.7 Å². The summed E-state index contributed by atoms with van der Waals surface area (Å²) in [4.78, 5) is 8.81. The fourth-order valence-corrected chi connectivity index (χ4v) is 3.87. The predicted octanol–water partition coefficient (Wildman–Crippen LogP) is 4.74. The summed E-state index contributed by atoms with van der Waals surface area (Å²) < 4.78 is 3.52. The van der Waals surface area contributed by atoms with Crippen LogP contribution in [0.25, 0.3) is 16.6 Å². The van der Waals surface area contributed by atoms with Gasteiger partial charge in [-0.3, -0.25) is 14.8 Å². The fraction of sp³-hybridized carbons (Fsp3) is 0. The van der Waals surface area contributed by atoms with Crippen molar-refractivity contribution in [2.75, 3.05) is 10.5 Å². The van der Waals surface area contributed by atoms with Gasteiger partial charge in [0.25, 0.3) is 0 Å². The van der Waals surface area contributed by atoms with Gasteiger partial charge in [-0.15, -0.1) is 5.23 Å². The molecule has 2 aromatic heterocycles. The average molecular weight is 465 g/mol. The Hall–Kier alpha value is -2.20. The molecule has 0 aliphatic carbocycles. The lowest BCUT2D eigenvalue weighted by Gasteiger charge is -2.15. The second-order valence-corrected chi connectivity index (χ2v) is 6.97. The number of fused-ring (bicyclic) bond motifs is 3. The van der Waals surface area contributed by atoms with Crippen LogP contribution in [-0.2, 0) is 0 Å². The van der Waals surface area contributed by atoms with E-state index in [-0.39, 0.29) is 10.9 Å². The van der Waals surface area contributed by atoms with E-state index in [1.165, 1.54) is 0 Å². The molecule has 0 radical (unpaired) electrons. The zero-order valence-electron chi connectivity index (χ0n) is 12.6. The summed E-state index contributed by atoms with van der Waals surface area (Å²) in [6.07, 6.45) is 3.27. The molecule has 9 heteroatoms. The number of imidazole rings is 1. The highest BCUT2D eigenvalue weighted by Crippen LogP contribution is 2.35. The first-order chi connectivity index (χ1) is 12.1. The summed E-state index contributed by atoms with van der Waals surface area (Å²) in [5, 5.41) is 22.4. The van der Waals surface area contributed by atoms with E-state index in [4.69, 9.17) is 0 Å². The summed E-state index contributed by atoms with van der Waals surface area (Å²) in [5.41, 5.74) is 2.86. The number of hydrogen-bond acceptors (Lipinski definition) is 6. The van der Waals surface area contributed by atoms with E-state index >= 15 is 0 Å². The smallest absolute Gasteiger partial charge is 0.157 e. The standard InChI is InChI=1S/C16H11Br2N5O2/c17-9-3-1-4-10(18)14(9)21-16-13-7-19-8-22(13)15-11(20-16)5-2-6-12(15)23(24)25/h1-8,24-25H,(H,20,21). The minimum absolute atomic E-state index is 0.0843. The van der Waals surface area contributed by atoms with Crippen LogP contribution in [0.15, 0.2) is 57.9 Å². The summed E-state index contributed by atoms with van der Waals surface area (Å²) in [6.45, 7) is 0. The van der Waals surface area contributed by atoms with Gasteiger partial charge < -0.3 is 5.32 Å². The third kappa shape index (κ3) is 2.74. The molecule has 0 saturated carbocycles. The number of benzene rings is 2. The summed E-state index contributed by atoms with van der Waals surface area (Å²) in [7, 11) is 0. The number of para-hydroxylation sites is 2. The van der Waals surface area contributed by atoms with Crippen LogP contribution in [0.2, 0.25) is 0 Å². The first-order valence-electron chi connectivity index (χ1n) is 7.20. The molecule has 0 amide bonds. The normalized spacial score (nSPS) is 11.2. The van der Waals surface area contributed by atoms with Crippen LogP contribution in [0.4, 0.5) is 17.2 Å². The molecule has 0 bridgehead atoms. The second kappa shape index (κ2) is 6.26. The number of hydrogen-bond donors (Lipinski definition) is 3. The van der Waals surface area contributed by atoms with E-state index in [1.807, 2.05) is 18.2 Å². The predicted molar refractivity (Wildman–Crippen MR) is 102 cm³/mol. The molecule has 0 fully saturated rings. The third-order valence-corrected chi connectivity index (χ3v) is 5.09. The number of anilines is 3. The van der Waals surface area contributed by atoms with Gasteiger partial charge in [-0.25, -0.2) is 9.97 Å². The van der Waals surface area contributed by atoms with Crippen LogP contribution >= 0.6 is 31.9 Å². The number of halogens is 2. The van der Waals surface area contributed by atoms with Gasteiger partial charge in [0, 0.05) is 8.95 Å². The van der Waals surface area contributed by atoms with Crippen LogP contribution < -0.4 is 10.5 Å². The van der Waals surface area contributed by atoms with Gasteiger partial charge in [0.2, 0.25) is 0 Å². The molecule has 0 atom stereocenters. The number of rotatable bonds is 3. The summed E-state index contributed by atoms with van der Waals surface area (Å²) >= 11 is 7.05. The molecule has 0 aliphatic rings. The maximum Gasteiger partial charge on any atom is 0.157 e. The Balaban J connectivity index is 1.98. The first-order valence-corrected chi connectivity index (χ1v) is 8.78. The van der Waals surface area contributed by atoms with Crippen molar-refractivity contribution in [2.45, 2.75) is 0 Å². The van der Waals surface area contributed by atoms with Crippen LogP contribution in [0, 0.1) is 0 Å². The van der Waals surface area contributed by atoms with E-state index in [0.717, 1.165) is 14.6 Å². The van der Waals surface area contributed by atoms with Crippen molar-refractivity contribution in [1.29, 1.82) is 0 Å².